The first-order valence-corrected chi connectivity index (χ1v) is 13.2. The molecule has 0 spiro atoms. The van der Waals surface area contributed by atoms with Gasteiger partial charge in [0.05, 0.1) is 11.1 Å². The summed E-state index contributed by atoms with van der Waals surface area (Å²) in [6.07, 6.45) is -0.946. The van der Waals surface area contributed by atoms with E-state index in [9.17, 15) is 22.8 Å². The summed E-state index contributed by atoms with van der Waals surface area (Å²) < 4.78 is 40.5. The van der Waals surface area contributed by atoms with Gasteiger partial charge in [-0.25, -0.2) is 4.98 Å². The summed E-state index contributed by atoms with van der Waals surface area (Å²) in [5.41, 5.74) is 1.32. The number of carbonyl (C=O) groups excluding carboxylic acids is 2. The monoisotopic (exact) mass is 539 g/mol. The van der Waals surface area contributed by atoms with E-state index in [0.717, 1.165) is 36.1 Å². The van der Waals surface area contributed by atoms with Crippen LogP contribution in [0.5, 0.6) is 0 Å². The number of rotatable bonds is 4. The molecule has 0 unspecified atom stereocenters. The van der Waals surface area contributed by atoms with Gasteiger partial charge >= 0.3 is 6.18 Å². The van der Waals surface area contributed by atoms with Gasteiger partial charge in [0.2, 0.25) is 0 Å². The summed E-state index contributed by atoms with van der Waals surface area (Å²) in [5, 5.41) is 3.16. The average Bonchev–Trinajstić information content (AvgIpc) is 3.57. The van der Waals surface area contributed by atoms with E-state index >= 15 is 0 Å². The first kappa shape index (κ1) is 24.6. The van der Waals surface area contributed by atoms with Crippen LogP contribution in [0.1, 0.15) is 25.7 Å². The number of alkyl halides is 3. The van der Waals surface area contributed by atoms with E-state index < -0.39 is 11.7 Å². The lowest BCUT2D eigenvalue weighted by Gasteiger charge is -2.48. The second-order valence-electron chi connectivity index (χ2n) is 9.53. The van der Waals surface area contributed by atoms with Gasteiger partial charge in [0.25, 0.3) is 11.8 Å². The fourth-order valence-corrected chi connectivity index (χ4v) is 5.70. The minimum absolute atomic E-state index is 0.0207. The minimum atomic E-state index is -4.38. The fourth-order valence-electron chi connectivity index (χ4n) is 5.10. The normalized spacial score (nSPS) is 17.1. The zero-order chi connectivity index (χ0) is 26.4. The molecule has 11 heteroatoms. The minimum Gasteiger partial charge on any atom is -0.335 e. The van der Waals surface area contributed by atoms with Crippen LogP contribution in [-0.2, 0) is 6.18 Å². The van der Waals surface area contributed by atoms with Crippen LogP contribution in [0.25, 0.3) is 16.6 Å². The number of fused-ring (bicyclic) bond motifs is 1. The van der Waals surface area contributed by atoms with Gasteiger partial charge in [-0.15, -0.1) is 11.3 Å². The lowest BCUT2D eigenvalue weighted by molar-refractivity contribution is -0.137. The van der Waals surface area contributed by atoms with Crippen molar-refractivity contribution in [1.82, 2.24) is 24.3 Å². The van der Waals surface area contributed by atoms with Crippen molar-refractivity contribution >= 4 is 34.1 Å². The summed E-state index contributed by atoms with van der Waals surface area (Å²) in [6.45, 7) is 4.12. The van der Waals surface area contributed by atoms with E-state index in [1.54, 1.807) is 23.8 Å². The molecule has 196 valence electrons. The standard InChI is InChI=1S/C27H24F3N5O2S/c28-27(29,30)20-2-4-21(5-3-20)35-9-7-18-15-19(1-6-23(18)35)25(36)34-16-22(17-34)32-10-12-33(13-11-32)26(37)24-31-8-14-38-24/h1-9,14-15,22H,10-13,16-17H2. The molecule has 38 heavy (non-hydrogen) atoms. The van der Waals surface area contributed by atoms with E-state index in [2.05, 4.69) is 9.88 Å². The van der Waals surface area contributed by atoms with Crippen LogP contribution in [0.3, 0.4) is 0 Å². The number of carbonyl (C=O) groups is 2. The molecule has 0 atom stereocenters. The van der Waals surface area contributed by atoms with Crippen molar-refractivity contribution in [3.8, 4) is 5.69 Å². The Morgan fingerprint density at radius 2 is 1.63 bits per heavy atom. The van der Waals surface area contributed by atoms with Crippen LogP contribution < -0.4 is 0 Å². The predicted octanol–water partition coefficient (Wildman–Crippen LogP) is 4.39. The van der Waals surface area contributed by atoms with Crippen molar-refractivity contribution in [3.05, 3.63) is 82.4 Å². The molecule has 0 N–H and O–H groups in total. The van der Waals surface area contributed by atoms with Crippen LogP contribution in [0, 0.1) is 0 Å². The number of hydrogen-bond donors (Lipinski definition) is 0. The highest BCUT2D eigenvalue weighted by molar-refractivity contribution is 7.11. The molecule has 0 aliphatic carbocycles. The number of likely N-dealkylation sites (tertiary alicyclic amines) is 1. The predicted molar refractivity (Wildman–Crippen MR) is 138 cm³/mol. The molecule has 0 bridgehead atoms. The first-order valence-electron chi connectivity index (χ1n) is 12.3. The maximum Gasteiger partial charge on any atom is 0.416 e. The van der Waals surface area contributed by atoms with Gasteiger partial charge in [-0.1, -0.05) is 0 Å². The highest BCUT2D eigenvalue weighted by Gasteiger charge is 2.37. The topological polar surface area (TPSA) is 61.7 Å². The van der Waals surface area contributed by atoms with Gasteiger partial charge in [-0.05, 0) is 48.5 Å². The van der Waals surface area contributed by atoms with Gasteiger partial charge in [0.1, 0.15) is 0 Å². The lowest BCUT2D eigenvalue weighted by atomic mass is 10.0. The maximum absolute atomic E-state index is 13.1. The van der Waals surface area contributed by atoms with Crippen molar-refractivity contribution in [2.24, 2.45) is 0 Å². The Balaban J connectivity index is 1.06. The molecular weight excluding hydrogens is 515 g/mol. The molecular formula is C27H24F3N5O2S. The number of hydrogen-bond acceptors (Lipinski definition) is 5. The Hall–Kier alpha value is -3.70. The van der Waals surface area contributed by atoms with E-state index in [1.807, 2.05) is 32.6 Å². The number of amides is 2. The molecule has 2 amide bonds. The summed E-state index contributed by atoms with van der Waals surface area (Å²) >= 11 is 1.35. The zero-order valence-corrected chi connectivity index (χ0v) is 21.1. The Kier molecular flexibility index (Phi) is 6.19. The van der Waals surface area contributed by atoms with E-state index in [4.69, 9.17) is 0 Å². The number of piperazine rings is 1. The Bertz CT molecular complexity index is 1470. The van der Waals surface area contributed by atoms with Crippen LogP contribution >= 0.6 is 11.3 Å². The third-order valence-electron chi connectivity index (χ3n) is 7.29. The van der Waals surface area contributed by atoms with Crippen molar-refractivity contribution in [1.29, 1.82) is 0 Å². The largest absolute Gasteiger partial charge is 0.416 e. The van der Waals surface area contributed by atoms with Gasteiger partial charge in [-0.2, -0.15) is 13.2 Å². The van der Waals surface area contributed by atoms with E-state index in [0.29, 0.717) is 42.4 Å². The van der Waals surface area contributed by atoms with Crippen LogP contribution in [-0.4, -0.2) is 81.4 Å². The van der Waals surface area contributed by atoms with Crippen molar-refractivity contribution in [3.63, 3.8) is 0 Å². The second kappa shape index (κ2) is 9.55. The fraction of sp³-hybridized carbons (Fsp3) is 0.296. The van der Waals surface area contributed by atoms with Gasteiger partial charge in [0, 0.05) is 79.7 Å². The molecule has 2 aromatic carbocycles. The first-order chi connectivity index (χ1) is 18.3. The molecule has 0 saturated carbocycles. The number of nitrogens with zero attached hydrogens (tertiary/aromatic N) is 5. The van der Waals surface area contributed by atoms with E-state index in [-0.39, 0.29) is 17.9 Å². The molecule has 0 radical (unpaired) electrons. The number of thiazole rings is 1. The van der Waals surface area contributed by atoms with E-state index in [1.165, 1.54) is 23.5 Å². The summed E-state index contributed by atoms with van der Waals surface area (Å²) in [6, 6.07) is 12.6. The van der Waals surface area contributed by atoms with Crippen molar-refractivity contribution in [2.75, 3.05) is 39.3 Å². The molecule has 7 nitrogen and oxygen atoms in total. The molecule has 4 aromatic rings. The molecule has 2 saturated heterocycles. The Morgan fingerprint density at radius 3 is 2.29 bits per heavy atom. The number of halogens is 3. The van der Waals surface area contributed by atoms with Crippen LogP contribution in [0.4, 0.5) is 13.2 Å². The quantitative estimate of drug-likeness (QED) is 0.386. The Labute approximate surface area is 220 Å². The van der Waals surface area contributed by atoms with Gasteiger partial charge in [0.15, 0.2) is 5.01 Å². The van der Waals surface area contributed by atoms with Crippen LogP contribution in [0.2, 0.25) is 0 Å². The molecule has 2 aliphatic heterocycles. The number of benzene rings is 2. The maximum atomic E-state index is 13.1. The number of aromatic nitrogens is 2. The molecule has 2 aliphatic rings. The summed E-state index contributed by atoms with van der Waals surface area (Å²) in [4.78, 5) is 35.7. The third kappa shape index (κ3) is 4.56. The smallest absolute Gasteiger partial charge is 0.335 e. The second-order valence-corrected chi connectivity index (χ2v) is 10.4. The SMILES string of the molecule is O=C(c1ccc2c(ccn2-c2ccc(C(F)(F)F)cc2)c1)N1CC(N2CCN(C(=O)c3nccs3)CC2)C1. The molecule has 4 heterocycles. The summed E-state index contributed by atoms with van der Waals surface area (Å²) in [7, 11) is 0. The lowest BCUT2D eigenvalue weighted by Crippen LogP contribution is -2.64. The molecule has 2 fully saturated rings. The Morgan fingerprint density at radius 1 is 0.895 bits per heavy atom. The van der Waals surface area contributed by atoms with Crippen molar-refractivity contribution in [2.45, 2.75) is 12.2 Å². The average molecular weight is 540 g/mol. The van der Waals surface area contributed by atoms with Gasteiger partial charge in [-0.3, -0.25) is 14.5 Å². The zero-order valence-electron chi connectivity index (χ0n) is 20.3. The highest BCUT2D eigenvalue weighted by atomic mass is 32.1. The summed E-state index contributed by atoms with van der Waals surface area (Å²) in [5.74, 6) is -0.0596. The van der Waals surface area contributed by atoms with Crippen LogP contribution in [0.15, 0.2) is 66.3 Å². The third-order valence-corrected chi connectivity index (χ3v) is 8.05. The highest BCUT2D eigenvalue weighted by Crippen LogP contribution is 2.31. The van der Waals surface area contributed by atoms with Crippen molar-refractivity contribution < 1.29 is 22.8 Å². The van der Waals surface area contributed by atoms with Gasteiger partial charge < -0.3 is 14.4 Å². The molecule has 2 aromatic heterocycles. The molecule has 6 rings (SSSR count).